The summed E-state index contributed by atoms with van der Waals surface area (Å²) in [5.41, 5.74) is 0.663. The number of rotatable bonds is 6. The third kappa shape index (κ3) is 4.55. The van der Waals surface area contributed by atoms with Gasteiger partial charge in [0.25, 0.3) is 0 Å². The number of methoxy groups -OCH3 is 1. The first-order valence-electron chi connectivity index (χ1n) is 6.68. The number of nitrogens with zero attached hydrogens (tertiary/aromatic N) is 1. The molecule has 6 heteroatoms. The molecule has 5 nitrogen and oxygen atoms in total. The molecule has 0 aliphatic rings. The molecule has 116 valence electrons. The summed E-state index contributed by atoms with van der Waals surface area (Å²) in [4.78, 5) is 0.224. The van der Waals surface area contributed by atoms with Gasteiger partial charge in [-0.1, -0.05) is 18.8 Å². The van der Waals surface area contributed by atoms with Gasteiger partial charge in [-0.3, -0.25) is 0 Å². The van der Waals surface area contributed by atoms with Gasteiger partial charge in [0, 0.05) is 25.3 Å². The van der Waals surface area contributed by atoms with Crippen LogP contribution in [0.25, 0.3) is 0 Å². The van der Waals surface area contributed by atoms with Crippen LogP contribution in [0.1, 0.15) is 19.4 Å². The fourth-order valence-corrected chi connectivity index (χ4v) is 3.66. The van der Waals surface area contributed by atoms with Crippen LogP contribution in [0.2, 0.25) is 0 Å². The molecular formula is C15H21NO4S. The van der Waals surface area contributed by atoms with E-state index in [2.05, 4.69) is 11.8 Å². The van der Waals surface area contributed by atoms with Gasteiger partial charge in [0.2, 0.25) is 10.0 Å². The first-order chi connectivity index (χ1) is 9.97. The highest BCUT2D eigenvalue weighted by atomic mass is 32.2. The third-order valence-corrected chi connectivity index (χ3v) is 5.09. The Morgan fingerprint density at radius 1 is 1.33 bits per heavy atom. The second kappa shape index (κ2) is 8.15. The van der Waals surface area contributed by atoms with Gasteiger partial charge in [0.1, 0.15) is 6.61 Å². The molecule has 0 saturated carbocycles. The van der Waals surface area contributed by atoms with Gasteiger partial charge >= 0.3 is 0 Å². The van der Waals surface area contributed by atoms with Crippen molar-refractivity contribution in [2.24, 2.45) is 0 Å². The largest absolute Gasteiger partial charge is 0.384 e. The molecular weight excluding hydrogens is 290 g/mol. The molecule has 0 heterocycles. The Bertz CT molecular complexity index is 599. The standard InChI is InChI=1S/C15H21NO4S/c1-4-16(13(2)12-20-3)21(18,19)15-9-7-14(8-10-15)6-5-11-17/h7-10,13,17H,4,11-12H2,1-3H3. The van der Waals surface area contributed by atoms with Crippen LogP contribution < -0.4 is 0 Å². The van der Waals surface area contributed by atoms with E-state index in [-0.39, 0.29) is 17.5 Å². The minimum Gasteiger partial charge on any atom is -0.384 e. The zero-order valence-electron chi connectivity index (χ0n) is 12.5. The average molecular weight is 311 g/mol. The second-order valence-corrected chi connectivity index (χ2v) is 6.39. The highest BCUT2D eigenvalue weighted by Crippen LogP contribution is 2.18. The first kappa shape index (κ1) is 17.7. The minimum absolute atomic E-state index is 0.224. The number of aliphatic hydroxyl groups is 1. The summed E-state index contributed by atoms with van der Waals surface area (Å²) in [7, 11) is -2.01. The fraction of sp³-hybridized carbons (Fsp3) is 0.467. The molecule has 1 aromatic carbocycles. The van der Waals surface area contributed by atoms with Gasteiger partial charge in [0.05, 0.1) is 11.5 Å². The molecule has 21 heavy (non-hydrogen) atoms. The van der Waals surface area contributed by atoms with Crippen molar-refractivity contribution in [3.63, 3.8) is 0 Å². The number of ether oxygens (including phenoxy) is 1. The van der Waals surface area contributed by atoms with Crippen LogP contribution in [0.3, 0.4) is 0 Å². The molecule has 1 N–H and O–H groups in total. The summed E-state index contributed by atoms with van der Waals surface area (Å²) >= 11 is 0. The number of hydrogen-bond donors (Lipinski definition) is 1. The lowest BCUT2D eigenvalue weighted by Crippen LogP contribution is -2.40. The molecule has 1 aromatic rings. The lowest BCUT2D eigenvalue weighted by Gasteiger charge is -2.26. The predicted octanol–water partition coefficient (Wildman–Crippen LogP) is 1.08. The zero-order chi connectivity index (χ0) is 15.9. The van der Waals surface area contributed by atoms with Crippen molar-refractivity contribution in [1.82, 2.24) is 4.31 Å². The lowest BCUT2D eigenvalue weighted by atomic mass is 10.2. The van der Waals surface area contributed by atoms with E-state index in [4.69, 9.17) is 9.84 Å². The highest BCUT2D eigenvalue weighted by Gasteiger charge is 2.27. The SMILES string of the molecule is CCN(C(C)COC)S(=O)(=O)c1ccc(C#CCO)cc1. The van der Waals surface area contributed by atoms with E-state index in [1.165, 1.54) is 16.4 Å². The van der Waals surface area contributed by atoms with Gasteiger partial charge in [-0.2, -0.15) is 4.31 Å². The van der Waals surface area contributed by atoms with E-state index in [0.29, 0.717) is 18.7 Å². The normalized spacial score (nSPS) is 12.8. The fourth-order valence-electron chi connectivity index (χ4n) is 2.03. The zero-order valence-corrected chi connectivity index (χ0v) is 13.4. The van der Waals surface area contributed by atoms with Crippen molar-refractivity contribution in [3.05, 3.63) is 29.8 Å². The van der Waals surface area contributed by atoms with Gasteiger partial charge in [0.15, 0.2) is 0 Å². The summed E-state index contributed by atoms with van der Waals surface area (Å²) < 4.78 is 31.6. The Kier molecular flexibility index (Phi) is 6.85. The highest BCUT2D eigenvalue weighted by molar-refractivity contribution is 7.89. The van der Waals surface area contributed by atoms with E-state index in [1.807, 2.05) is 6.92 Å². The van der Waals surface area contributed by atoms with E-state index < -0.39 is 10.0 Å². The summed E-state index contributed by atoms with van der Waals surface area (Å²) in [6.45, 7) is 4.10. The Labute approximate surface area is 126 Å². The molecule has 1 rings (SSSR count). The monoisotopic (exact) mass is 311 g/mol. The maximum absolute atomic E-state index is 12.6. The van der Waals surface area contributed by atoms with E-state index in [0.717, 1.165) is 0 Å². The van der Waals surface area contributed by atoms with Gasteiger partial charge in [-0.15, -0.1) is 0 Å². The van der Waals surface area contributed by atoms with Gasteiger partial charge < -0.3 is 9.84 Å². The van der Waals surface area contributed by atoms with E-state index in [9.17, 15) is 8.42 Å². The van der Waals surface area contributed by atoms with Crippen LogP contribution in [0.4, 0.5) is 0 Å². The number of sulfonamides is 1. The van der Waals surface area contributed by atoms with Gasteiger partial charge in [-0.05, 0) is 31.2 Å². The first-order valence-corrected chi connectivity index (χ1v) is 8.12. The van der Waals surface area contributed by atoms with Crippen molar-refractivity contribution in [2.75, 3.05) is 26.9 Å². The van der Waals surface area contributed by atoms with Crippen molar-refractivity contribution >= 4 is 10.0 Å². The molecule has 1 atom stereocenters. The lowest BCUT2D eigenvalue weighted by molar-refractivity contribution is 0.142. The van der Waals surface area contributed by atoms with Crippen molar-refractivity contribution in [2.45, 2.75) is 24.8 Å². The molecule has 0 saturated heterocycles. The second-order valence-electron chi connectivity index (χ2n) is 4.50. The van der Waals surface area contributed by atoms with Crippen molar-refractivity contribution < 1.29 is 18.3 Å². The smallest absolute Gasteiger partial charge is 0.243 e. The van der Waals surface area contributed by atoms with Crippen LogP contribution in [-0.2, 0) is 14.8 Å². The maximum Gasteiger partial charge on any atom is 0.243 e. The number of hydrogen-bond acceptors (Lipinski definition) is 4. The summed E-state index contributed by atoms with van der Waals surface area (Å²) in [5.74, 6) is 5.25. The average Bonchev–Trinajstić information content (AvgIpc) is 2.46. The van der Waals surface area contributed by atoms with Crippen molar-refractivity contribution in [3.8, 4) is 11.8 Å². The molecule has 0 radical (unpaired) electrons. The molecule has 0 fully saturated rings. The minimum atomic E-state index is -3.55. The van der Waals surface area contributed by atoms with Crippen LogP contribution in [0.5, 0.6) is 0 Å². The van der Waals surface area contributed by atoms with Gasteiger partial charge in [-0.25, -0.2) is 8.42 Å². The maximum atomic E-state index is 12.6. The Morgan fingerprint density at radius 3 is 2.43 bits per heavy atom. The van der Waals surface area contributed by atoms with E-state index in [1.54, 1.807) is 26.2 Å². The van der Waals surface area contributed by atoms with Crippen LogP contribution in [0.15, 0.2) is 29.2 Å². The number of likely N-dealkylation sites (N-methyl/N-ethyl adjacent to an activating group) is 1. The van der Waals surface area contributed by atoms with Crippen LogP contribution >= 0.6 is 0 Å². The summed E-state index contributed by atoms with van der Waals surface area (Å²) in [6.07, 6.45) is 0. The summed E-state index contributed by atoms with van der Waals surface area (Å²) in [6, 6.07) is 6.07. The molecule has 0 spiro atoms. The predicted molar refractivity (Wildman–Crippen MR) is 81.3 cm³/mol. The Hall–Kier alpha value is -1.39. The molecule has 0 aromatic heterocycles. The van der Waals surface area contributed by atoms with Crippen molar-refractivity contribution in [1.29, 1.82) is 0 Å². The van der Waals surface area contributed by atoms with E-state index >= 15 is 0 Å². The Morgan fingerprint density at radius 2 is 1.95 bits per heavy atom. The van der Waals surface area contributed by atoms with Crippen LogP contribution in [-0.4, -0.2) is 50.7 Å². The number of benzene rings is 1. The topological polar surface area (TPSA) is 66.8 Å². The molecule has 0 aliphatic carbocycles. The quantitative estimate of drug-likeness (QED) is 0.798. The Balaban J connectivity index is 3.05. The number of aliphatic hydroxyl groups excluding tert-OH is 1. The van der Waals surface area contributed by atoms with Crippen LogP contribution in [0, 0.1) is 11.8 Å². The molecule has 0 bridgehead atoms. The molecule has 0 amide bonds. The molecule has 0 aliphatic heterocycles. The third-order valence-electron chi connectivity index (χ3n) is 2.98. The molecule has 1 unspecified atom stereocenters. The summed E-state index contributed by atoms with van der Waals surface area (Å²) in [5, 5.41) is 8.64.